The summed E-state index contributed by atoms with van der Waals surface area (Å²) in [7, 11) is 0. The highest BCUT2D eigenvalue weighted by atomic mass is 16.5. The van der Waals surface area contributed by atoms with Crippen LogP contribution >= 0.6 is 0 Å². The number of hydrogen-bond donors (Lipinski definition) is 0. The van der Waals surface area contributed by atoms with Gasteiger partial charge in [0.2, 0.25) is 0 Å². The zero-order valence-electron chi connectivity index (χ0n) is 7.36. The Morgan fingerprint density at radius 1 is 1.29 bits per heavy atom. The molecule has 0 fully saturated rings. The topological polar surface area (TPSA) is 39.2 Å². The first-order chi connectivity index (χ1) is 6.84. The molecular formula is C11H7NO2. The molecule has 0 saturated carbocycles. The molecule has 0 spiro atoms. The summed E-state index contributed by atoms with van der Waals surface area (Å²) in [6.07, 6.45) is 2.10. The van der Waals surface area contributed by atoms with E-state index < -0.39 is 0 Å². The second-order valence-corrected chi connectivity index (χ2v) is 3.26. The molecule has 0 aliphatic carbocycles. The van der Waals surface area contributed by atoms with Crippen LogP contribution in [0.1, 0.15) is 5.56 Å². The summed E-state index contributed by atoms with van der Waals surface area (Å²) in [5.74, 6) is 0.492. The van der Waals surface area contributed by atoms with Gasteiger partial charge in [-0.2, -0.15) is 0 Å². The van der Waals surface area contributed by atoms with Crippen molar-refractivity contribution in [3.63, 3.8) is 0 Å². The van der Waals surface area contributed by atoms with Gasteiger partial charge < -0.3 is 4.74 Å². The van der Waals surface area contributed by atoms with Gasteiger partial charge in [0.1, 0.15) is 5.75 Å². The van der Waals surface area contributed by atoms with E-state index in [4.69, 9.17) is 4.74 Å². The Morgan fingerprint density at radius 2 is 2.21 bits per heavy atom. The van der Waals surface area contributed by atoms with Crippen molar-refractivity contribution in [3.05, 3.63) is 36.0 Å². The van der Waals surface area contributed by atoms with Crippen LogP contribution in [-0.2, 0) is 11.2 Å². The van der Waals surface area contributed by atoms with E-state index >= 15 is 0 Å². The normalized spacial score (nSPS) is 14.1. The zero-order valence-corrected chi connectivity index (χ0v) is 7.36. The maximum atomic E-state index is 11.1. The maximum absolute atomic E-state index is 11.1. The highest BCUT2D eigenvalue weighted by molar-refractivity contribution is 5.93. The first-order valence-electron chi connectivity index (χ1n) is 4.42. The van der Waals surface area contributed by atoms with Gasteiger partial charge in [-0.3, -0.25) is 9.78 Å². The number of carbonyl (C=O) groups excluding carboxylic acids is 1. The second kappa shape index (κ2) is 2.54. The van der Waals surface area contributed by atoms with Gasteiger partial charge >= 0.3 is 5.97 Å². The smallest absolute Gasteiger partial charge is 0.315 e. The molecule has 0 N–H and O–H groups in total. The van der Waals surface area contributed by atoms with Crippen molar-refractivity contribution < 1.29 is 9.53 Å². The average molecular weight is 185 g/mol. The summed E-state index contributed by atoms with van der Waals surface area (Å²) < 4.78 is 5.05. The summed E-state index contributed by atoms with van der Waals surface area (Å²) in [5.41, 5.74) is 1.87. The van der Waals surface area contributed by atoms with Gasteiger partial charge in [-0.15, -0.1) is 0 Å². The second-order valence-electron chi connectivity index (χ2n) is 3.26. The van der Waals surface area contributed by atoms with Crippen molar-refractivity contribution in [2.45, 2.75) is 6.42 Å². The minimum absolute atomic E-state index is 0.184. The number of fused-ring (bicyclic) bond motifs is 3. The lowest BCUT2D eigenvalue weighted by atomic mass is 10.1. The van der Waals surface area contributed by atoms with E-state index in [2.05, 4.69) is 4.98 Å². The Morgan fingerprint density at radius 3 is 3.14 bits per heavy atom. The Kier molecular flexibility index (Phi) is 1.36. The van der Waals surface area contributed by atoms with E-state index in [0.717, 1.165) is 16.5 Å². The van der Waals surface area contributed by atoms with Gasteiger partial charge in [-0.1, -0.05) is 6.07 Å². The molecular weight excluding hydrogens is 178 g/mol. The zero-order chi connectivity index (χ0) is 9.54. The molecule has 0 unspecified atom stereocenters. The van der Waals surface area contributed by atoms with Gasteiger partial charge in [0.25, 0.3) is 0 Å². The van der Waals surface area contributed by atoms with Crippen molar-refractivity contribution in [1.82, 2.24) is 4.98 Å². The van der Waals surface area contributed by atoms with Gasteiger partial charge in [0.05, 0.1) is 11.9 Å². The van der Waals surface area contributed by atoms with Crippen LogP contribution in [0.25, 0.3) is 10.9 Å². The molecule has 68 valence electrons. The monoisotopic (exact) mass is 185 g/mol. The number of esters is 1. The number of aromatic nitrogens is 1. The molecule has 1 aliphatic rings. The van der Waals surface area contributed by atoms with Gasteiger partial charge in [-0.05, 0) is 18.2 Å². The highest BCUT2D eigenvalue weighted by Crippen LogP contribution is 2.31. The fraction of sp³-hybridized carbons (Fsp3) is 0.0909. The molecule has 0 radical (unpaired) electrons. The van der Waals surface area contributed by atoms with Crippen molar-refractivity contribution in [3.8, 4) is 5.75 Å². The Labute approximate surface area is 80.3 Å². The SMILES string of the molecule is O=C1Cc2c(ccc3ncccc23)O1. The summed E-state index contributed by atoms with van der Waals surface area (Å²) in [4.78, 5) is 15.3. The number of benzene rings is 1. The van der Waals surface area contributed by atoms with E-state index in [1.165, 1.54) is 0 Å². The van der Waals surface area contributed by atoms with E-state index in [9.17, 15) is 4.79 Å². The minimum Gasteiger partial charge on any atom is -0.426 e. The van der Waals surface area contributed by atoms with E-state index in [1.54, 1.807) is 12.3 Å². The summed E-state index contributed by atoms with van der Waals surface area (Å²) in [5, 5.41) is 1.01. The predicted octanol–water partition coefficient (Wildman–Crippen LogP) is 1.70. The van der Waals surface area contributed by atoms with Crippen molar-refractivity contribution in [2.24, 2.45) is 0 Å². The number of carbonyl (C=O) groups is 1. The Balaban J connectivity index is 2.39. The molecule has 14 heavy (non-hydrogen) atoms. The fourth-order valence-electron chi connectivity index (χ4n) is 1.77. The van der Waals surface area contributed by atoms with E-state index in [0.29, 0.717) is 12.2 Å². The lowest BCUT2D eigenvalue weighted by Crippen LogP contribution is -2.00. The Hall–Kier alpha value is -1.90. The molecule has 1 aromatic carbocycles. The summed E-state index contributed by atoms with van der Waals surface area (Å²) in [6, 6.07) is 7.50. The molecule has 0 bridgehead atoms. The molecule has 1 aromatic heterocycles. The lowest BCUT2D eigenvalue weighted by molar-refractivity contribution is -0.131. The van der Waals surface area contributed by atoms with Crippen molar-refractivity contribution in [2.75, 3.05) is 0 Å². The van der Waals surface area contributed by atoms with E-state index in [1.807, 2.05) is 18.2 Å². The van der Waals surface area contributed by atoms with Crippen LogP contribution in [0.5, 0.6) is 5.75 Å². The number of rotatable bonds is 0. The largest absolute Gasteiger partial charge is 0.426 e. The predicted molar refractivity (Wildman–Crippen MR) is 51.1 cm³/mol. The third-order valence-corrected chi connectivity index (χ3v) is 2.40. The molecule has 3 heteroatoms. The standard InChI is InChI=1S/C11H7NO2/c13-11-6-8-7-2-1-5-12-9(7)3-4-10(8)14-11/h1-5H,6H2. The average Bonchev–Trinajstić information content (AvgIpc) is 2.59. The van der Waals surface area contributed by atoms with Gasteiger partial charge in [0, 0.05) is 17.1 Å². The third kappa shape index (κ3) is 0.923. The quantitative estimate of drug-likeness (QED) is 0.463. The molecule has 0 atom stereocenters. The van der Waals surface area contributed by atoms with E-state index in [-0.39, 0.29) is 5.97 Å². The number of ether oxygens (including phenoxy) is 1. The Bertz CT molecular complexity index is 534. The van der Waals surface area contributed by atoms with Crippen LogP contribution in [0.3, 0.4) is 0 Å². The molecule has 0 saturated heterocycles. The molecule has 3 rings (SSSR count). The molecule has 1 aliphatic heterocycles. The fourth-order valence-corrected chi connectivity index (χ4v) is 1.77. The van der Waals surface area contributed by atoms with Crippen LogP contribution in [-0.4, -0.2) is 11.0 Å². The number of nitrogens with zero attached hydrogens (tertiary/aromatic N) is 1. The first kappa shape index (κ1) is 7.50. The first-order valence-corrected chi connectivity index (χ1v) is 4.42. The number of hydrogen-bond acceptors (Lipinski definition) is 3. The molecule has 2 heterocycles. The van der Waals surface area contributed by atoms with Gasteiger partial charge in [-0.25, -0.2) is 0 Å². The molecule has 2 aromatic rings. The molecule has 3 nitrogen and oxygen atoms in total. The lowest BCUT2D eigenvalue weighted by Gasteiger charge is -2.00. The van der Waals surface area contributed by atoms with Crippen molar-refractivity contribution >= 4 is 16.9 Å². The van der Waals surface area contributed by atoms with Gasteiger partial charge in [0.15, 0.2) is 0 Å². The van der Waals surface area contributed by atoms with Crippen LogP contribution in [0.15, 0.2) is 30.5 Å². The van der Waals surface area contributed by atoms with Crippen LogP contribution in [0.2, 0.25) is 0 Å². The third-order valence-electron chi connectivity index (χ3n) is 2.40. The summed E-state index contributed by atoms with van der Waals surface area (Å²) >= 11 is 0. The van der Waals surface area contributed by atoms with Crippen LogP contribution in [0.4, 0.5) is 0 Å². The van der Waals surface area contributed by atoms with Crippen LogP contribution in [0, 0.1) is 0 Å². The highest BCUT2D eigenvalue weighted by Gasteiger charge is 2.22. The maximum Gasteiger partial charge on any atom is 0.315 e. The summed E-state index contributed by atoms with van der Waals surface area (Å²) in [6.45, 7) is 0. The molecule has 0 amide bonds. The number of pyridine rings is 1. The van der Waals surface area contributed by atoms with Crippen LogP contribution < -0.4 is 4.74 Å². The minimum atomic E-state index is -0.184. The van der Waals surface area contributed by atoms with Crippen molar-refractivity contribution in [1.29, 1.82) is 0 Å².